The molecule has 0 spiro atoms. The van der Waals surface area contributed by atoms with Gasteiger partial charge in [-0.2, -0.15) is 0 Å². The number of aliphatic carboxylic acids is 1. The predicted octanol–water partition coefficient (Wildman–Crippen LogP) is 7.60. The molecule has 232 valence electrons. The number of carboxylic acids is 1. The number of hydrogen-bond acceptors (Lipinski definition) is 6. The highest BCUT2D eigenvalue weighted by Crippen LogP contribution is 2.22. The number of nitrogens with one attached hydrogen (secondary N) is 1. The third-order valence-corrected chi connectivity index (χ3v) is 8.10. The Balaban J connectivity index is 1.16. The molecule has 0 aliphatic heterocycles. The van der Waals surface area contributed by atoms with Crippen molar-refractivity contribution >= 4 is 46.4 Å². The van der Waals surface area contributed by atoms with Gasteiger partial charge in [-0.05, 0) is 65.9 Å². The van der Waals surface area contributed by atoms with Crippen molar-refractivity contribution in [1.29, 1.82) is 0 Å². The Morgan fingerprint density at radius 3 is 2.22 bits per heavy atom. The second-order valence-electron chi connectivity index (χ2n) is 10.5. The van der Waals surface area contributed by atoms with E-state index in [2.05, 4.69) is 5.32 Å². The maximum absolute atomic E-state index is 13.1. The lowest BCUT2D eigenvalue weighted by Crippen LogP contribution is -2.32. The molecule has 0 saturated heterocycles. The van der Waals surface area contributed by atoms with Gasteiger partial charge in [-0.25, -0.2) is 4.79 Å². The Bertz CT molecular complexity index is 1750. The van der Waals surface area contributed by atoms with E-state index >= 15 is 0 Å². The molecule has 8 heteroatoms. The average molecular weight is 631 g/mol. The maximum atomic E-state index is 13.1. The fourth-order valence-electron chi connectivity index (χ4n) is 4.91. The molecule has 1 atom stereocenters. The minimum atomic E-state index is -1.02. The molecule has 0 bridgehead atoms. The third kappa shape index (κ3) is 8.80. The first-order valence-electron chi connectivity index (χ1n) is 15.0. The number of ether oxygens (including phenoxy) is 1. The molecule has 5 rings (SSSR count). The van der Waals surface area contributed by atoms with Crippen LogP contribution in [-0.2, 0) is 16.0 Å². The Hall–Kier alpha value is -5.47. The molecule has 0 aliphatic rings. The normalized spacial score (nSPS) is 11.6. The summed E-state index contributed by atoms with van der Waals surface area (Å²) in [6, 6.07) is 35.7. The van der Waals surface area contributed by atoms with Crippen molar-refractivity contribution in [2.45, 2.75) is 18.9 Å². The molecular weight excluding hydrogens is 596 g/mol. The molecule has 4 aromatic carbocycles. The summed E-state index contributed by atoms with van der Waals surface area (Å²) in [4.78, 5) is 41.1. The number of rotatable bonds is 15. The van der Waals surface area contributed by atoms with Crippen LogP contribution in [0.15, 0.2) is 133 Å². The fourth-order valence-corrected chi connectivity index (χ4v) is 5.53. The van der Waals surface area contributed by atoms with Crippen LogP contribution in [0.4, 0.5) is 11.4 Å². The summed E-state index contributed by atoms with van der Waals surface area (Å²) in [6.45, 7) is 0.881. The van der Waals surface area contributed by atoms with Gasteiger partial charge in [-0.1, -0.05) is 78.9 Å². The Morgan fingerprint density at radius 1 is 0.826 bits per heavy atom. The van der Waals surface area contributed by atoms with Crippen molar-refractivity contribution in [3.05, 3.63) is 154 Å². The molecule has 0 unspecified atom stereocenters. The molecule has 0 saturated carbocycles. The number of thiophene rings is 1. The first kappa shape index (κ1) is 31.9. The molecule has 46 heavy (non-hydrogen) atoms. The highest BCUT2D eigenvalue weighted by Gasteiger charge is 2.21. The lowest BCUT2D eigenvalue weighted by atomic mass is 10.00. The van der Waals surface area contributed by atoms with Crippen LogP contribution in [0.3, 0.4) is 0 Å². The smallest absolute Gasteiger partial charge is 0.326 e. The summed E-state index contributed by atoms with van der Waals surface area (Å²) in [5.41, 5.74) is 3.03. The van der Waals surface area contributed by atoms with Crippen molar-refractivity contribution in [3.63, 3.8) is 0 Å². The van der Waals surface area contributed by atoms with Gasteiger partial charge in [0.15, 0.2) is 5.78 Å². The van der Waals surface area contributed by atoms with Crippen molar-refractivity contribution in [3.8, 4) is 5.75 Å². The quantitative estimate of drug-likeness (QED) is 0.0703. The average Bonchev–Trinajstić information content (AvgIpc) is 3.62. The van der Waals surface area contributed by atoms with E-state index < -0.39 is 12.0 Å². The Kier molecular flexibility index (Phi) is 11.1. The van der Waals surface area contributed by atoms with Crippen molar-refractivity contribution in [2.75, 3.05) is 23.4 Å². The minimum absolute atomic E-state index is 0.0994. The molecule has 2 N–H and O–H groups in total. The van der Waals surface area contributed by atoms with E-state index in [-0.39, 0.29) is 18.1 Å². The molecule has 0 radical (unpaired) electrons. The van der Waals surface area contributed by atoms with Crippen molar-refractivity contribution in [1.82, 2.24) is 0 Å². The number of anilines is 2. The molecule has 1 amide bonds. The number of amides is 1. The van der Waals surface area contributed by atoms with Gasteiger partial charge in [0.25, 0.3) is 5.91 Å². The number of carbonyl (C=O) groups excluding carboxylic acids is 2. The van der Waals surface area contributed by atoms with E-state index in [1.165, 1.54) is 0 Å². The standard InChI is InChI=1S/C38H34N2O5S/c41-36(23-22-32-15-9-26-46-32)40(30-13-5-2-6-14-30)24-10-25-45-31-20-18-28(19-21-31)27-35(38(43)44)39-34-17-8-7-16-33(34)37(42)29-11-3-1-4-12-29/h1-9,11-23,26,35,39H,10,24-25,27H2,(H,43,44)/b23-22+/t35-/m0/s1. The molecule has 5 aromatic rings. The number of hydrogen-bond donors (Lipinski definition) is 2. The van der Waals surface area contributed by atoms with Gasteiger partial charge in [0.05, 0.1) is 6.61 Å². The number of carboxylic acid groups (broad SMARTS) is 1. The van der Waals surface area contributed by atoms with Gasteiger partial charge in [0.1, 0.15) is 11.8 Å². The molecule has 0 aliphatic carbocycles. The van der Waals surface area contributed by atoms with Crippen LogP contribution in [0.2, 0.25) is 0 Å². The van der Waals surface area contributed by atoms with Crippen LogP contribution in [-0.4, -0.2) is 42.0 Å². The molecule has 0 fully saturated rings. The van der Waals surface area contributed by atoms with E-state index in [0.717, 1.165) is 16.1 Å². The summed E-state index contributed by atoms with van der Waals surface area (Å²) in [6.07, 6.45) is 4.24. The van der Waals surface area contributed by atoms with E-state index in [9.17, 15) is 19.5 Å². The van der Waals surface area contributed by atoms with Gasteiger partial charge in [-0.3, -0.25) is 9.59 Å². The van der Waals surface area contributed by atoms with Gasteiger partial charge >= 0.3 is 5.97 Å². The summed E-state index contributed by atoms with van der Waals surface area (Å²) >= 11 is 1.58. The highest BCUT2D eigenvalue weighted by molar-refractivity contribution is 7.10. The third-order valence-electron chi connectivity index (χ3n) is 7.26. The summed E-state index contributed by atoms with van der Waals surface area (Å²) in [5, 5.41) is 15.0. The number of carbonyl (C=O) groups is 3. The van der Waals surface area contributed by atoms with Gasteiger partial charge in [-0.15, -0.1) is 11.3 Å². The minimum Gasteiger partial charge on any atom is -0.494 e. The Morgan fingerprint density at radius 2 is 1.52 bits per heavy atom. The summed E-state index contributed by atoms with van der Waals surface area (Å²) < 4.78 is 5.95. The van der Waals surface area contributed by atoms with Crippen LogP contribution < -0.4 is 15.0 Å². The molecule has 7 nitrogen and oxygen atoms in total. The van der Waals surface area contributed by atoms with Gasteiger partial charge in [0.2, 0.25) is 0 Å². The predicted molar refractivity (Wildman–Crippen MR) is 184 cm³/mol. The summed E-state index contributed by atoms with van der Waals surface area (Å²) in [5.74, 6) is -0.652. The number of para-hydroxylation sites is 2. The zero-order valence-electron chi connectivity index (χ0n) is 25.1. The lowest BCUT2D eigenvalue weighted by molar-refractivity contribution is -0.137. The molecular formula is C38H34N2O5S. The zero-order chi connectivity index (χ0) is 32.1. The van der Waals surface area contributed by atoms with Crippen LogP contribution in [0.25, 0.3) is 6.08 Å². The van der Waals surface area contributed by atoms with E-state index in [1.54, 1.807) is 70.8 Å². The number of benzene rings is 4. The first-order valence-corrected chi connectivity index (χ1v) is 15.8. The zero-order valence-corrected chi connectivity index (χ0v) is 25.9. The topological polar surface area (TPSA) is 95.9 Å². The number of nitrogens with zero attached hydrogens (tertiary/aromatic N) is 1. The largest absolute Gasteiger partial charge is 0.494 e. The van der Waals surface area contributed by atoms with Crippen LogP contribution >= 0.6 is 11.3 Å². The van der Waals surface area contributed by atoms with Crippen LogP contribution in [0, 0.1) is 0 Å². The fraction of sp³-hybridized carbons (Fsp3) is 0.132. The maximum Gasteiger partial charge on any atom is 0.326 e. The number of ketones is 1. The second kappa shape index (κ2) is 16.0. The molecule has 1 aromatic heterocycles. The Labute approximate surface area is 272 Å². The van der Waals surface area contributed by atoms with Crippen molar-refractivity contribution in [2.24, 2.45) is 0 Å². The highest BCUT2D eigenvalue weighted by atomic mass is 32.1. The van der Waals surface area contributed by atoms with E-state index in [1.807, 2.05) is 84.3 Å². The van der Waals surface area contributed by atoms with Gasteiger partial charge < -0.3 is 20.1 Å². The van der Waals surface area contributed by atoms with Crippen LogP contribution in [0.1, 0.15) is 32.8 Å². The van der Waals surface area contributed by atoms with Crippen LogP contribution in [0.5, 0.6) is 5.75 Å². The van der Waals surface area contributed by atoms with E-state index in [4.69, 9.17) is 4.74 Å². The first-order chi connectivity index (χ1) is 22.5. The van der Waals surface area contributed by atoms with Gasteiger partial charge in [0, 0.05) is 46.4 Å². The molecule has 1 heterocycles. The van der Waals surface area contributed by atoms with E-state index in [0.29, 0.717) is 42.1 Å². The lowest BCUT2D eigenvalue weighted by Gasteiger charge is -2.21. The monoisotopic (exact) mass is 630 g/mol. The SMILES string of the molecule is O=C(c1ccccc1)c1ccccc1N[C@@H](Cc1ccc(OCCCN(C(=O)/C=C/c2cccs2)c2ccccc2)cc1)C(=O)O. The summed E-state index contributed by atoms with van der Waals surface area (Å²) in [7, 11) is 0. The second-order valence-corrected chi connectivity index (χ2v) is 11.5. The van der Waals surface area contributed by atoms with Crippen molar-refractivity contribution < 1.29 is 24.2 Å².